The maximum absolute atomic E-state index is 17.1. The molecule has 3 aromatic carbocycles. The maximum atomic E-state index is 17.1. The third-order valence-corrected chi connectivity index (χ3v) is 12.4. The lowest BCUT2D eigenvalue weighted by molar-refractivity contribution is -0.949. The number of hydrogen-bond donors (Lipinski definition) is 4. The molecule has 4 N–H and O–H groups in total. The SMILES string of the molecule is C#Cc1c(F)ccc2cc(O)cc(-c3ncc4c(N5CC6CCC(C5)[NH+]6Cc5cccc(NC(=O)C=C)c5)nc(OC[C@@]56CCC[NH+]5C[C@H](F)C6)nc4c3F)c12. The van der Waals surface area contributed by atoms with Gasteiger partial charge in [-0.25, -0.2) is 13.2 Å². The van der Waals surface area contributed by atoms with E-state index in [2.05, 4.69) is 38.8 Å². The number of terminal acetylenes is 1. The lowest BCUT2D eigenvalue weighted by atomic mass is 9.95. The summed E-state index contributed by atoms with van der Waals surface area (Å²) in [5.41, 5.74) is 1.30. The van der Waals surface area contributed by atoms with Gasteiger partial charge in [0.05, 0.1) is 30.6 Å². The number of pyridine rings is 1. The molecule has 1 amide bonds. The lowest BCUT2D eigenvalue weighted by Gasteiger charge is -2.39. The van der Waals surface area contributed by atoms with Gasteiger partial charge in [0, 0.05) is 60.5 Å². The van der Waals surface area contributed by atoms with Gasteiger partial charge in [0.15, 0.2) is 12.0 Å². The number of carbonyl (C=O) groups is 1. The van der Waals surface area contributed by atoms with Gasteiger partial charge in [0.1, 0.15) is 65.9 Å². The van der Waals surface area contributed by atoms with Crippen molar-refractivity contribution in [2.24, 2.45) is 0 Å². The van der Waals surface area contributed by atoms with Crippen LogP contribution in [0.1, 0.15) is 43.2 Å². The Morgan fingerprint density at radius 1 is 1.16 bits per heavy atom. The highest BCUT2D eigenvalue weighted by atomic mass is 19.1. The van der Waals surface area contributed by atoms with E-state index in [0.29, 0.717) is 48.3 Å². The van der Waals surface area contributed by atoms with Crippen molar-refractivity contribution in [2.45, 2.75) is 62.4 Å². The minimum atomic E-state index is -0.912. The Morgan fingerprint density at radius 3 is 2.77 bits per heavy atom. The summed E-state index contributed by atoms with van der Waals surface area (Å²) in [5, 5.41) is 14.6. The molecule has 0 radical (unpaired) electrons. The molecule has 4 fully saturated rings. The number of hydrogen-bond acceptors (Lipinski definition) is 7. The van der Waals surface area contributed by atoms with Gasteiger partial charge >= 0.3 is 6.01 Å². The van der Waals surface area contributed by atoms with E-state index >= 15 is 4.39 Å². The number of benzene rings is 3. The minimum Gasteiger partial charge on any atom is -0.508 e. The number of halogens is 3. The number of anilines is 2. The first kappa shape index (κ1) is 36.0. The Hall–Kier alpha value is -5.71. The van der Waals surface area contributed by atoms with Crippen LogP contribution >= 0.6 is 0 Å². The van der Waals surface area contributed by atoms with Gasteiger partial charge in [-0.2, -0.15) is 9.97 Å². The number of rotatable bonds is 9. The molecular formula is C43H42F3N7O3+2. The van der Waals surface area contributed by atoms with Crippen LogP contribution in [-0.2, 0) is 11.3 Å². The molecule has 4 saturated heterocycles. The van der Waals surface area contributed by atoms with Crippen LogP contribution in [0.3, 0.4) is 0 Å². The number of nitrogens with one attached hydrogen (secondary N) is 3. The predicted octanol–water partition coefficient (Wildman–Crippen LogP) is 3.91. The van der Waals surface area contributed by atoms with E-state index in [1.54, 1.807) is 0 Å². The van der Waals surface area contributed by atoms with E-state index in [1.165, 1.54) is 46.3 Å². The summed E-state index contributed by atoms with van der Waals surface area (Å²) in [6.07, 6.45) is 11.8. The highest BCUT2D eigenvalue weighted by Crippen LogP contribution is 2.39. The Balaban J connectivity index is 1.09. The van der Waals surface area contributed by atoms with Gasteiger partial charge < -0.3 is 29.9 Å². The number of alkyl halides is 1. The Kier molecular flexibility index (Phi) is 9.05. The Labute approximate surface area is 322 Å². The number of piperazine rings is 1. The summed E-state index contributed by atoms with van der Waals surface area (Å²) in [6, 6.07) is 13.8. The highest BCUT2D eigenvalue weighted by Gasteiger charge is 2.54. The standard InChI is InChI=1S/C43H40F3N7O3/c1-3-32-35(45)12-9-26-16-31(54)17-33(37(26)32)39-38(46)40-34(19-47-39)41(50-42(49-40)56-24-43-13-6-14-52(43)21-27(44)18-43)51-22-29-10-11-30(23-51)53(29)20-25-7-5-8-28(15-25)48-36(55)4-2/h1,4-5,7-9,12,15-17,19,27,29-30,54H,2,6,10-11,13-14,18,20-24H2,(H,48,55)/p+2/t27-,29?,30?,43+/m1/s1. The summed E-state index contributed by atoms with van der Waals surface area (Å²) in [6.45, 7) is 7.11. The zero-order chi connectivity index (χ0) is 38.7. The summed E-state index contributed by atoms with van der Waals surface area (Å²) < 4.78 is 53.2. The first-order valence-electron chi connectivity index (χ1n) is 19.2. The molecule has 4 aliphatic heterocycles. The third-order valence-electron chi connectivity index (χ3n) is 12.4. The molecule has 3 unspecified atom stereocenters. The second kappa shape index (κ2) is 14.1. The zero-order valence-electron chi connectivity index (χ0n) is 30.8. The maximum Gasteiger partial charge on any atom is 0.319 e. The van der Waals surface area contributed by atoms with E-state index in [4.69, 9.17) is 16.1 Å². The molecule has 4 aliphatic rings. The fourth-order valence-corrected chi connectivity index (χ4v) is 9.89. The Morgan fingerprint density at radius 2 is 1.98 bits per heavy atom. The summed E-state index contributed by atoms with van der Waals surface area (Å²) in [4.78, 5) is 30.8. The first-order chi connectivity index (χ1) is 27.1. The number of aromatic nitrogens is 3. The lowest BCUT2D eigenvalue weighted by Crippen LogP contribution is -3.18. The van der Waals surface area contributed by atoms with Gasteiger partial charge in [-0.1, -0.05) is 30.7 Å². The van der Waals surface area contributed by atoms with Gasteiger partial charge in [-0.3, -0.25) is 9.78 Å². The average Bonchev–Trinajstić information content (AvgIpc) is 3.79. The normalized spacial score (nSPS) is 25.3. The smallest absolute Gasteiger partial charge is 0.319 e. The molecular weight excluding hydrogens is 720 g/mol. The summed E-state index contributed by atoms with van der Waals surface area (Å²) >= 11 is 0. The van der Waals surface area contributed by atoms with Crippen LogP contribution in [0.5, 0.6) is 11.8 Å². The van der Waals surface area contributed by atoms with Gasteiger partial charge in [0.2, 0.25) is 5.91 Å². The Bertz CT molecular complexity index is 2440. The van der Waals surface area contributed by atoms with Crippen molar-refractivity contribution < 1.29 is 37.6 Å². The van der Waals surface area contributed by atoms with Crippen molar-refractivity contribution in [3.63, 3.8) is 0 Å². The number of fused-ring (bicyclic) bond motifs is 5. The van der Waals surface area contributed by atoms with Gasteiger partial charge in [-0.05, 0) is 41.8 Å². The van der Waals surface area contributed by atoms with Crippen molar-refractivity contribution >= 4 is 39.1 Å². The molecule has 13 heteroatoms. The van der Waals surface area contributed by atoms with Crippen LogP contribution in [0.25, 0.3) is 32.9 Å². The number of phenolic OH excluding ortho intramolecular Hbond substituents is 1. The van der Waals surface area contributed by atoms with Crippen molar-refractivity contribution in [3.8, 4) is 35.4 Å². The van der Waals surface area contributed by atoms with Crippen LogP contribution in [0.4, 0.5) is 24.7 Å². The molecule has 10 nitrogen and oxygen atoms in total. The van der Waals surface area contributed by atoms with Gasteiger partial charge in [-0.15, -0.1) is 6.42 Å². The van der Waals surface area contributed by atoms with E-state index in [1.807, 2.05) is 18.2 Å². The van der Waals surface area contributed by atoms with Crippen LogP contribution in [0.15, 0.2) is 67.4 Å². The first-order valence-corrected chi connectivity index (χ1v) is 19.2. The van der Waals surface area contributed by atoms with Crippen molar-refractivity contribution in [1.29, 1.82) is 0 Å². The summed E-state index contributed by atoms with van der Waals surface area (Å²) in [5.74, 6) is 1.01. The van der Waals surface area contributed by atoms with Crippen molar-refractivity contribution in [3.05, 3.63) is 90.1 Å². The molecule has 6 heterocycles. The second-order valence-electron chi connectivity index (χ2n) is 15.7. The number of quaternary nitrogens is 2. The van der Waals surface area contributed by atoms with E-state index in [0.717, 1.165) is 44.3 Å². The molecule has 0 aliphatic carbocycles. The second-order valence-corrected chi connectivity index (χ2v) is 15.7. The molecule has 2 aromatic heterocycles. The molecule has 0 saturated carbocycles. The number of aromatic hydroxyl groups is 1. The number of amides is 1. The summed E-state index contributed by atoms with van der Waals surface area (Å²) in [7, 11) is 0. The largest absolute Gasteiger partial charge is 0.508 e. The van der Waals surface area contributed by atoms with Crippen LogP contribution in [0, 0.1) is 24.0 Å². The average molecular weight is 762 g/mol. The van der Waals surface area contributed by atoms with Crippen LogP contribution < -0.4 is 24.8 Å². The molecule has 5 atom stereocenters. The number of carbonyl (C=O) groups excluding carboxylic acids is 1. The van der Waals surface area contributed by atoms with E-state index in [-0.39, 0.29) is 64.1 Å². The predicted molar refractivity (Wildman–Crippen MR) is 206 cm³/mol. The molecule has 2 bridgehead atoms. The molecule has 286 valence electrons. The molecule has 0 spiro atoms. The molecule has 9 rings (SSSR count). The quantitative estimate of drug-likeness (QED) is 0.133. The number of ether oxygens (including phenoxy) is 1. The van der Waals surface area contributed by atoms with Crippen molar-refractivity contribution in [2.75, 3.05) is 43.0 Å². The molecule has 5 aromatic rings. The number of nitrogens with zero attached hydrogens (tertiary/aromatic N) is 4. The van der Waals surface area contributed by atoms with Crippen LogP contribution in [-0.4, -0.2) is 82.5 Å². The highest BCUT2D eigenvalue weighted by molar-refractivity contribution is 6.03. The fraction of sp³-hybridized carbons (Fsp3) is 0.349. The monoisotopic (exact) mass is 761 g/mol. The van der Waals surface area contributed by atoms with Crippen LogP contribution in [0.2, 0.25) is 0 Å². The van der Waals surface area contributed by atoms with E-state index < -0.39 is 23.3 Å². The van der Waals surface area contributed by atoms with Gasteiger partial charge in [0.25, 0.3) is 0 Å². The zero-order valence-corrected chi connectivity index (χ0v) is 30.8. The van der Waals surface area contributed by atoms with E-state index in [9.17, 15) is 18.7 Å². The topological polar surface area (TPSA) is 109 Å². The fourth-order valence-electron chi connectivity index (χ4n) is 9.89. The minimum absolute atomic E-state index is 0.0110. The number of phenols is 1. The molecule has 56 heavy (non-hydrogen) atoms. The third kappa shape index (κ3) is 6.27. The van der Waals surface area contributed by atoms with Crippen molar-refractivity contribution in [1.82, 2.24) is 15.0 Å².